The topological polar surface area (TPSA) is 85.0 Å². The maximum Gasteiger partial charge on any atom is 0.227 e. The zero-order valence-corrected chi connectivity index (χ0v) is 18.9. The number of hydrogen-bond donors (Lipinski definition) is 0. The molecule has 3 heterocycles. The Morgan fingerprint density at radius 3 is 2.53 bits per heavy atom. The molecule has 4 aromatic rings. The van der Waals surface area contributed by atoms with E-state index >= 15 is 0 Å². The molecule has 1 aliphatic carbocycles. The number of aryl methyl sites for hydroxylation is 1. The Labute approximate surface area is 197 Å². The third kappa shape index (κ3) is 3.87. The molecule has 7 nitrogen and oxygen atoms in total. The van der Waals surface area contributed by atoms with Crippen LogP contribution in [0.25, 0.3) is 11.4 Å². The van der Waals surface area contributed by atoms with Crippen LogP contribution in [0.4, 0.5) is 0 Å². The highest BCUT2D eigenvalue weighted by Gasteiger charge is 2.48. The Bertz CT molecular complexity index is 1320. The van der Waals surface area contributed by atoms with Gasteiger partial charge in [-0.05, 0) is 18.4 Å². The van der Waals surface area contributed by atoms with Crippen molar-refractivity contribution in [1.82, 2.24) is 25.0 Å². The normalized spacial score (nSPS) is 16.2. The summed E-state index contributed by atoms with van der Waals surface area (Å²) >= 11 is 0. The second-order valence-corrected chi connectivity index (χ2v) is 9.06. The molecule has 0 radical (unpaired) electrons. The summed E-state index contributed by atoms with van der Waals surface area (Å²) in [6.07, 6.45) is 5.60. The Morgan fingerprint density at radius 2 is 1.76 bits per heavy atom. The fraction of sp³-hybridized carbons (Fsp3) is 0.296. The zero-order valence-electron chi connectivity index (χ0n) is 18.9. The molecule has 1 aliphatic heterocycles. The van der Waals surface area contributed by atoms with E-state index in [4.69, 9.17) is 14.5 Å². The molecule has 1 fully saturated rings. The van der Waals surface area contributed by atoms with Crippen LogP contribution in [0, 0.1) is 0 Å². The number of rotatable bonds is 6. The molecule has 1 saturated carbocycles. The molecule has 0 atom stereocenters. The number of fused-ring (bicyclic) bond motifs is 1. The van der Waals surface area contributed by atoms with Crippen LogP contribution in [0.15, 0.2) is 71.4 Å². The summed E-state index contributed by atoms with van der Waals surface area (Å²) in [6.45, 7) is 1.21. The van der Waals surface area contributed by atoms with Gasteiger partial charge in [0.2, 0.25) is 17.6 Å². The smallest absolute Gasteiger partial charge is 0.227 e. The van der Waals surface area contributed by atoms with Gasteiger partial charge in [-0.1, -0.05) is 65.8 Å². The lowest BCUT2D eigenvalue weighted by Crippen LogP contribution is -2.37. The fourth-order valence-corrected chi connectivity index (χ4v) is 4.72. The predicted molar refractivity (Wildman–Crippen MR) is 126 cm³/mol. The van der Waals surface area contributed by atoms with Gasteiger partial charge in [-0.15, -0.1) is 0 Å². The van der Waals surface area contributed by atoms with Crippen molar-refractivity contribution in [3.8, 4) is 11.4 Å². The predicted octanol–water partition coefficient (Wildman–Crippen LogP) is 4.12. The second kappa shape index (κ2) is 8.48. The minimum atomic E-state index is -0.0358. The first-order valence-corrected chi connectivity index (χ1v) is 11.8. The van der Waals surface area contributed by atoms with Crippen LogP contribution in [0.3, 0.4) is 0 Å². The Balaban J connectivity index is 1.10. The number of aromatic nitrogens is 4. The van der Waals surface area contributed by atoms with Crippen LogP contribution in [0.5, 0.6) is 0 Å². The standard InChI is InChI=1S/C27H25N5O2/c33-24(12-11-23-30-25(31-34-23)19-7-3-1-4-8-19)32-16-13-22-20(18-32)17-28-26(29-22)27(14-15-27)21-9-5-2-6-10-21/h1-10,17H,11-16,18H2. The Morgan fingerprint density at radius 1 is 1.00 bits per heavy atom. The summed E-state index contributed by atoms with van der Waals surface area (Å²) in [6, 6.07) is 20.2. The van der Waals surface area contributed by atoms with E-state index in [0.717, 1.165) is 41.9 Å². The highest BCUT2D eigenvalue weighted by molar-refractivity contribution is 5.76. The molecule has 0 unspecified atom stereocenters. The van der Waals surface area contributed by atoms with Crippen molar-refractivity contribution in [3.63, 3.8) is 0 Å². The number of carbonyl (C=O) groups is 1. The van der Waals surface area contributed by atoms with Gasteiger partial charge in [-0.25, -0.2) is 9.97 Å². The summed E-state index contributed by atoms with van der Waals surface area (Å²) in [7, 11) is 0. The van der Waals surface area contributed by atoms with Gasteiger partial charge in [0.1, 0.15) is 5.82 Å². The summed E-state index contributed by atoms with van der Waals surface area (Å²) in [5.74, 6) is 2.03. The molecule has 0 bridgehead atoms. The van der Waals surface area contributed by atoms with Crippen molar-refractivity contribution in [1.29, 1.82) is 0 Å². The van der Waals surface area contributed by atoms with Crippen LogP contribution in [0.2, 0.25) is 0 Å². The Kier molecular flexibility index (Phi) is 5.17. The van der Waals surface area contributed by atoms with Gasteiger partial charge >= 0.3 is 0 Å². The first-order valence-electron chi connectivity index (χ1n) is 11.8. The molecule has 170 valence electrons. The average molecular weight is 452 g/mol. The third-order valence-corrected chi connectivity index (χ3v) is 6.84. The van der Waals surface area contributed by atoms with Gasteiger partial charge in [0.25, 0.3) is 0 Å². The fourth-order valence-electron chi connectivity index (χ4n) is 4.72. The number of nitrogens with zero attached hydrogens (tertiary/aromatic N) is 5. The first-order chi connectivity index (χ1) is 16.7. The van der Waals surface area contributed by atoms with Crippen molar-refractivity contribution >= 4 is 5.91 Å². The van der Waals surface area contributed by atoms with Gasteiger partial charge in [0.05, 0.1) is 11.1 Å². The number of carbonyl (C=O) groups excluding carboxylic acids is 1. The van der Waals surface area contributed by atoms with Crippen LogP contribution in [-0.2, 0) is 29.6 Å². The highest BCUT2D eigenvalue weighted by atomic mass is 16.5. The lowest BCUT2D eigenvalue weighted by atomic mass is 9.94. The van der Waals surface area contributed by atoms with Crippen LogP contribution in [-0.4, -0.2) is 37.5 Å². The Hall–Kier alpha value is -3.87. The maximum atomic E-state index is 12.9. The van der Waals surface area contributed by atoms with E-state index in [0.29, 0.717) is 37.6 Å². The maximum absolute atomic E-state index is 12.9. The SMILES string of the molecule is O=C(CCc1nc(-c2ccccc2)no1)N1CCc2nc(C3(c4ccccc4)CC3)ncc2C1. The molecule has 7 heteroatoms. The zero-order chi connectivity index (χ0) is 23.0. The molecule has 2 aliphatic rings. The third-order valence-electron chi connectivity index (χ3n) is 6.84. The number of benzene rings is 2. The van der Waals surface area contributed by atoms with E-state index in [1.807, 2.05) is 47.5 Å². The summed E-state index contributed by atoms with van der Waals surface area (Å²) < 4.78 is 5.35. The van der Waals surface area contributed by atoms with Crippen molar-refractivity contribution in [3.05, 3.63) is 95.4 Å². The quantitative estimate of drug-likeness (QED) is 0.438. The first kappa shape index (κ1) is 20.7. The van der Waals surface area contributed by atoms with Gasteiger partial charge in [0.15, 0.2) is 0 Å². The molecular formula is C27H25N5O2. The number of hydrogen-bond acceptors (Lipinski definition) is 6. The molecule has 0 N–H and O–H groups in total. The second-order valence-electron chi connectivity index (χ2n) is 9.06. The van der Waals surface area contributed by atoms with Gasteiger partial charge in [0, 0.05) is 49.7 Å². The lowest BCUT2D eigenvalue weighted by molar-refractivity contribution is -0.132. The molecule has 0 saturated heterocycles. The summed E-state index contributed by atoms with van der Waals surface area (Å²) in [5, 5.41) is 4.03. The van der Waals surface area contributed by atoms with Crippen LogP contribution in [0.1, 0.15) is 47.8 Å². The van der Waals surface area contributed by atoms with Crippen molar-refractivity contribution in [2.24, 2.45) is 0 Å². The molecule has 0 spiro atoms. The lowest BCUT2D eigenvalue weighted by Gasteiger charge is -2.28. The van der Waals surface area contributed by atoms with Crippen LogP contribution < -0.4 is 0 Å². The van der Waals surface area contributed by atoms with Crippen molar-refractivity contribution in [2.45, 2.75) is 44.1 Å². The summed E-state index contributed by atoms with van der Waals surface area (Å²) in [5.41, 5.74) is 4.26. The molecule has 1 amide bonds. The molecule has 2 aromatic carbocycles. The van der Waals surface area contributed by atoms with E-state index in [-0.39, 0.29) is 11.3 Å². The van der Waals surface area contributed by atoms with E-state index < -0.39 is 0 Å². The van der Waals surface area contributed by atoms with E-state index in [2.05, 4.69) is 34.4 Å². The minimum absolute atomic E-state index is 0.0358. The van der Waals surface area contributed by atoms with Crippen molar-refractivity contribution in [2.75, 3.05) is 6.54 Å². The molecular weight excluding hydrogens is 426 g/mol. The minimum Gasteiger partial charge on any atom is -0.339 e. The number of amides is 1. The van der Waals surface area contributed by atoms with E-state index in [9.17, 15) is 4.79 Å². The highest BCUT2D eigenvalue weighted by Crippen LogP contribution is 2.52. The largest absolute Gasteiger partial charge is 0.339 e. The molecule has 2 aromatic heterocycles. The van der Waals surface area contributed by atoms with E-state index in [1.165, 1.54) is 5.56 Å². The average Bonchev–Trinajstić information content (AvgIpc) is 3.58. The molecule has 34 heavy (non-hydrogen) atoms. The van der Waals surface area contributed by atoms with E-state index in [1.54, 1.807) is 0 Å². The molecule has 6 rings (SSSR count). The van der Waals surface area contributed by atoms with Gasteiger partial charge in [-0.3, -0.25) is 4.79 Å². The monoisotopic (exact) mass is 451 g/mol. The van der Waals surface area contributed by atoms with Crippen molar-refractivity contribution < 1.29 is 9.32 Å². The van der Waals surface area contributed by atoms with Crippen LogP contribution >= 0.6 is 0 Å². The summed E-state index contributed by atoms with van der Waals surface area (Å²) in [4.78, 5) is 28.9. The van der Waals surface area contributed by atoms with Gasteiger partial charge < -0.3 is 9.42 Å². The van der Waals surface area contributed by atoms with Gasteiger partial charge in [-0.2, -0.15) is 4.98 Å².